The van der Waals surface area contributed by atoms with Gasteiger partial charge in [0.15, 0.2) is 0 Å². The van der Waals surface area contributed by atoms with Crippen molar-refractivity contribution >= 4 is 11.6 Å². The molecule has 1 saturated carbocycles. The van der Waals surface area contributed by atoms with E-state index in [9.17, 15) is 4.79 Å². The van der Waals surface area contributed by atoms with Crippen LogP contribution in [0.2, 0.25) is 0 Å². The number of nitrogens with zero attached hydrogens (tertiary/aromatic N) is 1. The Morgan fingerprint density at radius 3 is 2.73 bits per heavy atom. The molecule has 0 heterocycles. The summed E-state index contributed by atoms with van der Waals surface area (Å²) in [7, 11) is 1.67. The molecule has 0 aliphatic heterocycles. The molecule has 1 aliphatic carbocycles. The maximum atomic E-state index is 12.4. The van der Waals surface area contributed by atoms with Crippen LogP contribution in [-0.4, -0.2) is 39.3 Å². The van der Waals surface area contributed by atoms with E-state index in [2.05, 4.69) is 48.3 Å². The molecular formula is C18H28N2O2. The fourth-order valence-corrected chi connectivity index (χ4v) is 3.10. The summed E-state index contributed by atoms with van der Waals surface area (Å²) in [4.78, 5) is 14.7. The lowest BCUT2D eigenvalue weighted by Gasteiger charge is -2.39. The summed E-state index contributed by atoms with van der Waals surface area (Å²) in [6.45, 7) is 7.21. The third-order valence-electron chi connectivity index (χ3n) is 4.63. The number of benzene rings is 1. The Balaban J connectivity index is 1.85. The molecule has 0 unspecified atom stereocenters. The van der Waals surface area contributed by atoms with Crippen molar-refractivity contribution in [2.75, 3.05) is 38.3 Å². The van der Waals surface area contributed by atoms with Crippen LogP contribution in [0.25, 0.3) is 0 Å². The first-order chi connectivity index (χ1) is 10.6. The molecule has 2 rings (SSSR count). The number of likely N-dealkylation sites (N-methyl/N-ethyl adjacent to an activating group) is 1. The number of methoxy groups -OCH3 is 1. The molecule has 4 heteroatoms. The van der Waals surface area contributed by atoms with Crippen molar-refractivity contribution in [1.29, 1.82) is 0 Å². The quantitative estimate of drug-likeness (QED) is 0.803. The maximum Gasteiger partial charge on any atom is 0.228 e. The van der Waals surface area contributed by atoms with Crippen LogP contribution in [0.3, 0.4) is 0 Å². The number of hydrogen-bond donors (Lipinski definition) is 1. The van der Waals surface area contributed by atoms with E-state index in [1.807, 2.05) is 0 Å². The zero-order valence-electron chi connectivity index (χ0n) is 14.0. The second-order valence-corrected chi connectivity index (χ2v) is 6.24. The summed E-state index contributed by atoms with van der Waals surface area (Å²) in [5, 5.41) is 3.10. The van der Waals surface area contributed by atoms with Gasteiger partial charge >= 0.3 is 0 Å². The second kappa shape index (κ2) is 7.63. The molecule has 1 aromatic carbocycles. The van der Waals surface area contributed by atoms with Gasteiger partial charge in [0.1, 0.15) is 0 Å². The van der Waals surface area contributed by atoms with Gasteiger partial charge in [0.2, 0.25) is 5.91 Å². The standard InChI is InChI=1S/C18H28N2O2/c1-4-20(16-8-5-7-15(2)13-16)12-11-19-17(21)18(14-22-3)9-6-10-18/h5,7-8,13H,4,6,9-12,14H2,1-3H3,(H,19,21). The molecular weight excluding hydrogens is 276 g/mol. The minimum Gasteiger partial charge on any atom is -0.384 e. The number of ether oxygens (including phenoxy) is 1. The molecule has 0 atom stereocenters. The average Bonchev–Trinajstić information content (AvgIpc) is 2.47. The van der Waals surface area contributed by atoms with E-state index in [1.165, 1.54) is 11.3 Å². The molecule has 1 fully saturated rings. The Kier molecular flexibility index (Phi) is 5.83. The number of amides is 1. The lowest BCUT2D eigenvalue weighted by molar-refractivity contribution is -0.140. The third-order valence-corrected chi connectivity index (χ3v) is 4.63. The average molecular weight is 304 g/mol. The van der Waals surface area contributed by atoms with E-state index < -0.39 is 0 Å². The topological polar surface area (TPSA) is 41.6 Å². The van der Waals surface area contributed by atoms with Crippen LogP contribution in [-0.2, 0) is 9.53 Å². The molecule has 122 valence electrons. The number of carbonyl (C=O) groups is 1. The van der Waals surface area contributed by atoms with Gasteiger partial charge in [-0.25, -0.2) is 0 Å². The highest BCUT2D eigenvalue weighted by Gasteiger charge is 2.43. The molecule has 0 bridgehead atoms. The van der Waals surface area contributed by atoms with Gasteiger partial charge in [-0.05, 0) is 44.4 Å². The van der Waals surface area contributed by atoms with Gasteiger partial charge in [-0.2, -0.15) is 0 Å². The van der Waals surface area contributed by atoms with Gasteiger partial charge in [-0.1, -0.05) is 18.6 Å². The third kappa shape index (κ3) is 3.80. The minimum absolute atomic E-state index is 0.154. The number of carbonyl (C=O) groups excluding carboxylic acids is 1. The zero-order valence-corrected chi connectivity index (χ0v) is 14.0. The number of nitrogens with one attached hydrogen (secondary N) is 1. The Bertz CT molecular complexity index is 498. The van der Waals surface area contributed by atoms with Crippen LogP contribution >= 0.6 is 0 Å². The maximum absolute atomic E-state index is 12.4. The Morgan fingerprint density at radius 1 is 1.41 bits per heavy atom. The van der Waals surface area contributed by atoms with Gasteiger partial charge in [-0.15, -0.1) is 0 Å². The molecule has 1 N–H and O–H groups in total. The van der Waals surface area contributed by atoms with Crippen LogP contribution in [0.1, 0.15) is 31.7 Å². The van der Waals surface area contributed by atoms with E-state index in [4.69, 9.17) is 4.74 Å². The van der Waals surface area contributed by atoms with Gasteiger partial charge in [0.25, 0.3) is 0 Å². The molecule has 22 heavy (non-hydrogen) atoms. The van der Waals surface area contributed by atoms with E-state index in [0.29, 0.717) is 13.2 Å². The number of rotatable bonds is 8. The van der Waals surface area contributed by atoms with Crippen molar-refractivity contribution in [2.45, 2.75) is 33.1 Å². The van der Waals surface area contributed by atoms with Crippen LogP contribution in [0.5, 0.6) is 0 Å². The SMILES string of the molecule is CCN(CCNC(=O)C1(COC)CCC1)c1cccc(C)c1. The summed E-state index contributed by atoms with van der Waals surface area (Å²) in [6.07, 6.45) is 3.02. The molecule has 4 nitrogen and oxygen atoms in total. The van der Waals surface area contributed by atoms with Gasteiger partial charge in [-0.3, -0.25) is 4.79 Å². The molecule has 1 amide bonds. The Hall–Kier alpha value is -1.55. The minimum atomic E-state index is -0.269. The largest absolute Gasteiger partial charge is 0.384 e. The first-order valence-electron chi connectivity index (χ1n) is 8.20. The van der Waals surface area contributed by atoms with Crippen molar-refractivity contribution in [3.05, 3.63) is 29.8 Å². The smallest absolute Gasteiger partial charge is 0.228 e. The molecule has 0 aromatic heterocycles. The Labute approximate surface area is 133 Å². The molecule has 1 aromatic rings. The molecule has 0 saturated heterocycles. The van der Waals surface area contributed by atoms with Gasteiger partial charge in [0.05, 0.1) is 12.0 Å². The van der Waals surface area contributed by atoms with Crippen molar-refractivity contribution in [2.24, 2.45) is 5.41 Å². The molecule has 0 radical (unpaired) electrons. The number of anilines is 1. The predicted molar refractivity (Wildman–Crippen MR) is 90.2 cm³/mol. The van der Waals surface area contributed by atoms with Crippen molar-refractivity contribution < 1.29 is 9.53 Å². The Morgan fingerprint density at radius 2 is 2.18 bits per heavy atom. The van der Waals surface area contributed by atoms with Gasteiger partial charge < -0.3 is 15.0 Å². The van der Waals surface area contributed by atoms with Crippen molar-refractivity contribution in [3.8, 4) is 0 Å². The lowest BCUT2D eigenvalue weighted by Crippen LogP contribution is -2.50. The van der Waals surface area contributed by atoms with E-state index in [1.54, 1.807) is 7.11 Å². The highest BCUT2D eigenvalue weighted by molar-refractivity contribution is 5.83. The second-order valence-electron chi connectivity index (χ2n) is 6.24. The fraction of sp³-hybridized carbons (Fsp3) is 0.611. The van der Waals surface area contributed by atoms with E-state index in [-0.39, 0.29) is 11.3 Å². The summed E-state index contributed by atoms with van der Waals surface area (Å²) in [5.74, 6) is 0.154. The highest BCUT2D eigenvalue weighted by atomic mass is 16.5. The van der Waals surface area contributed by atoms with E-state index in [0.717, 1.165) is 32.4 Å². The molecule has 1 aliphatic rings. The first-order valence-corrected chi connectivity index (χ1v) is 8.20. The van der Waals surface area contributed by atoms with Crippen LogP contribution in [0.4, 0.5) is 5.69 Å². The fourth-order valence-electron chi connectivity index (χ4n) is 3.10. The van der Waals surface area contributed by atoms with Crippen LogP contribution in [0.15, 0.2) is 24.3 Å². The first kappa shape index (κ1) is 16.8. The summed E-state index contributed by atoms with van der Waals surface area (Å²) in [6, 6.07) is 8.48. The summed E-state index contributed by atoms with van der Waals surface area (Å²) in [5.41, 5.74) is 2.20. The zero-order chi connectivity index (χ0) is 16.0. The number of hydrogen-bond acceptors (Lipinski definition) is 3. The van der Waals surface area contributed by atoms with E-state index >= 15 is 0 Å². The van der Waals surface area contributed by atoms with Crippen LogP contribution in [0, 0.1) is 12.3 Å². The van der Waals surface area contributed by atoms with Crippen molar-refractivity contribution in [3.63, 3.8) is 0 Å². The monoisotopic (exact) mass is 304 g/mol. The predicted octanol–water partition coefficient (Wildman–Crippen LogP) is 2.75. The summed E-state index contributed by atoms with van der Waals surface area (Å²) < 4.78 is 5.23. The van der Waals surface area contributed by atoms with Crippen molar-refractivity contribution in [1.82, 2.24) is 5.32 Å². The summed E-state index contributed by atoms with van der Waals surface area (Å²) >= 11 is 0. The van der Waals surface area contributed by atoms with Gasteiger partial charge in [0, 0.05) is 32.4 Å². The lowest BCUT2D eigenvalue weighted by atomic mass is 9.68. The highest BCUT2D eigenvalue weighted by Crippen LogP contribution is 2.41. The molecule has 0 spiro atoms. The van der Waals surface area contributed by atoms with Crippen LogP contribution < -0.4 is 10.2 Å². The number of aryl methyl sites for hydroxylation is 1. The normalized spacial score (nSPS) is 16.0.